The molecule has 21 heteroatoms. The molecule has 15 atom stereocenters. The molecule has 0 aromatic rings. The molecule has 9 unspecified atom stereocenters. The van der Waals surface area contributed by atoms with Crippen LogP contribution in [0.2, 0.25) is 0 Å². The lowest BCUT2D eigenvalue weighted by Gasteiger charge is -2.48. The van der Waals surface area contributed by atoms with Crippen molar-refractivity contribution in [1.29, 1.82) is 0 Å². The van der Waals surface area contributed by atoms with Gasteiger partial charge in [0.05, 0.1) is 19.3 Å². The summed E-state index contributed by atoms with van der Waals surface area (Å²) in [5.74, 6) is -3.14. The first kappa shape index (κ1) is 36.9. The maximum absolute atomic E-state index is 12.6. The molecule has 3 aliphatic rings. The molecule has 1 saturated heterocycles. The van der Waals surface area contributed by atoms with E-state index in [1.165, 1.54) is 0 Å². The van der Waals surface area contributed by atoms with Gasteiger partial charge in [0.15, 0.2) is 48.4 Å². The van der Waals surface area contributed by atoms with Gasteiger partial charge in [0.2, 0.25) is 0 Å². The second kappa shape index (κ2) is 15.8. The van der Waals surface area contributed by atoms with Crippen LogP contribution in [0.15, 0.2) is 11.5 Å². The van der Waals surface area contributed by atoms with Gasteiger partial charge in [-0.05, 0) is 0 Å². The molecule has 2 fully saturated rings. The predicted molar refractivity (Wildman–Crippen MR) is 133 cm³/mol. The number of ketones is 1. The highest BCUT2D eigenvalue weighted by Gasteiger charge is 2.57. The quantitative estimate of drug-likeness (QED) is 0.0525. The van der Waals surface area contributed by atoms with E-state index in [-0.39, 0.29) is 6.29 Å². The fourth-order valence-corrected chi connectivity index (χ4v) is 4.74. The van der Waals surface area contributed by atoms with Crippen molar-refractivity contribution >= 4 is 18.2 Å². The third kappa shape index (κ3) is 8.22. The molecule has 0 spiro atoms. The lowest BCUT2D eigenvalue weighted by molar-refractivity contribution is -0.351. The lowest BCUT2D eigenvalue weighted by Crippen LogP contribution is -2.69. The summed E-state index contributed by atoms with van der Waals surface area (Å²) in [6.45, 7) is -2.79. The van der Waals surface area contributed by atoms with Crippen LogP contribution in [-0.2, 0) is 38.0 Å². The van der Waals surface area contributed by atoms with Crippen molar-refractivity contribution in [2.75, 3.05) is 19.8 Å². The van der Waals surface area contributed by atoms with Crippen molar-refractivity contribution in [3.05, 3.63) is 11.5 Å². The Kier molecular flexibility index (Phi) is 12.9. The first-order valence-electron chi connectivity index (χ1n) is 13.4. The van der Waals surface area contributed by atoms with Crippen LogP contribution in [-0.4, -0.2) is 191 Å². The molecule has 2 aliphatic heterocycles. The zero-order valence-corrected chi connectivity index (χ0v) is 23.1. The van der Waals surface area contributed by atoms with Crippen molar-refractivity contribution in [2.24, 2.45) is 0 Å². The summed E-state index contributed by atoms with van der Waals surface area (Å²) in [5, 5.41) is 122. The van der Waals surface area contributed by atoms with Gasteiger partial charge >= 0.3 is 6.16 Å². The Hall–Kier alpha value is -2.61. The normalized spacial score (nSPS) is 41.3. The number of aliphatic hydroxyl groups is 12. The molecule has 258 valence electrons. The number of carbonyl (C=O) groups excluding carboxylic acids is 3. The summed E-state index contributed by atoms with van der Waals surface area (Å²) in [7, 11) is 0. The molecule has 1 aliphatic carbocycles. The first-order chi connectivity index (χ1) is 21.2. The van der Waals surface area contributed by atoms with Crippen molar-refractivity contribution in [3.8, 4) is 0 Å². The number of Topliss-reactive ketones (excluding diaryl/α,β-unsaturated/α-hetero) is 1. The van der Waals surface area contributed by atoms with Crippen LogP contribution in [0.4, 0.5) is 4.79 Å². The van der Waals surface area contributed by atoms with Gasteiger partial charge in [-0.2, -0.15) is 0 Å². The summed E-state index contributed by atoms with van der Waals surface area (Å²) in [6, 6.07) is 0. The largest absolute Gasteiger partial charge is 0.508 e. The van der Waals surface area contributed by atoms with Gasteiger partial charge in [-0.15, -0.1) is 0 Å². The monoisotopic (exact) mass is 660 g/mol. The number of hydrogen-bond acceptors (Lipinski definition) is 21. The maximum atomic E-state index is 12.6. The SMILES string of the molecule is O=CC(=O)C[C@@H](O)COC(=O)O[C@H]1C(O[C@H]2OC(CO)C(O)=C(O)C2O)C(O)[C@H](O)C(O)C1O[C@H]1OC(CO)[C@@H](O)C(O)C1O. The Morgan fingerprint density at radius 1 is 0.756 bits per heavy atom. The van der Waals surface area contributed by atoms with Crippen LogP contribution in [0.1, 0.15) is 6.42 Å². The van der Waals surface area contributed by atoms with Gasteiger partial charge in [-0.3, -0.25) is 9.59 Å². The highest BCUT2D eigenvalue weighted by Crippen LogP contribution is 2.35. The second-order valence-electron chi connectivity index (χ2n) is 10.3. The van der Waals surface area contributed by atoms with E-state index < -0.39 is 142 Å². The summed E-state index contributed by atoms with van der Waals surface area (Å²) < 4.78 is 31.2. The molecule has 2 heterocycles. The van der Waals surface area contributed by atoms with E-state index in [9.17, 15) is 75.7 Å². The molecule has 0 aromatic heterocycles. The second-order valence-corrected chi connectivity index (χ2v) is 10.3. The van der Waals surface area contributed by atoms with E-state index in [1.807, 2.05) is 0 Å². The number of hydrogen-bond donors (Lipinski definition) is 12. The third-order valence-corrected chi connectivity index (χ3v) is 7.22. The smallest absolute Gasteiger partial charge is 0.506 e. The highest BCUT2D eigenvalue weighted by atomic mass is 16.8. The number of aldehydes is 1. The zero-order chi connectivity index (χ0) is 33.7. The molecular formula is C24H36O21. The molecule has 45 heavy (non-hydrogen) atoms. The first-order valence-corrected chi connectivity index (χ1v) is 13.4. The number of rotatable bonds is 12. The average molecular weight is 661 g/mol. The van der Waals surface area contributed by atoms with Crippen LogP contribution >= 0.6 is 0 Å². The standard InChI is InChI=1S/C24H36O21/c25-2-6(28)1-7(29)5-40-24(39)45-21-19(43-22-17(37)12(32)10(30)8(3-26)41-22)15(35)14(34)16(36)20(21)44-23-18(38)13(33)11(31)9(4-27)42-23/h2,7-10,12,14-23,26-27,29-38H,1,3-5H2/t7-,8?,9?,10-,12?,14-,15?,16?,17?,18?,19?,20?,21-,22-,23-/m1/s1. The molecule has 21 nitrogen and oxygen atoms in total. The Morgan fingerprint density at radius 2 is 1.33 bits per heavy atom. The minimum Gasteiger partial charge on any atom is -0.506 e. The Morgan fingerprint density at radius 3 is 1.89 bits per heavy atom. The van der Waals surface area contributed by atoms with Crippen molar-refractivity contribution in [1.82, 2.24) is 0 Å². The summed E-state index contributed by atoms with van der Waals surface area (Å²) in [5.41, 5.74) is 0. The Balaban J connectivity index is 1.93. The van der Waals surface area contributed by atoms with Gasteiger partial charge in [-0.25, -0.2) is 4.79 Å². The van der Waals surface area contributed by atoms with E-state index in [0.717, 1.165) is 0 Å². The lowest BCUT2D eigenvalue weighted by atomic mass is 9.84. The van der Waals surface area contributed by atoms with Crippen LogP contribution < -0.4 is 0 Å². The molecule has 3 rings (SSSR count). The molecule has 1 saturated carbocycles. The molecule has 0 bridgehead atoms. The van der Waals surface area contributed by atoms with Gasteiger partial charge in [0.1, 0.15) is 67.6 Å². The molecule has 0 amide bonds. The van der Waals surface area contributed by atoms with Gasteiger partial charge in [0.25, 0.3) is 0 Å². The molecule has 0 aromatic carbocycles. The number of aliphatic hydroxyl groups excluding tert-OH is 12. The number of carbonyl (C=O) groups is 3. The fraction of sp³-hybridized carbons (Fsp3) is 0.792. The molecular weight excluding hydrogens is 624 g/mol. The molecule has 0 radical (unpaired) electrons. The Labute approximate surface area is 252 Å². The maximum Gasteiger partial charge on any atom is 0.508 e. The minimum absolute atomic E-state index is 0.0869. The summed E-state index contributed by atoms with van der Waals surface area (Å²) in [4.78, 5) is 34.3. The topological polar surface area (TPSA) is 349 Å². The van der Waals surface area contributed by atoms with E-state index >= 15 is 0 Å². The minimum atomic E-state index is -2.24. The molecule has 12 N–H and O–H groups in total. The highest BCUT2D eigenvalue weighted by molar-refractivity contribution is 6.25. The zero-order valence-electron chi connectivity index (χ0n) is 23.1. The van der Waals surface area contributed by atoms with Crippen LogP contribution in [0.5, 0.6) is 0 Å². The van der Waals surface area contributed by atoms with Crippen molar-refractivity contribution in [2.45, 2.75) is 98.4 Å². The fourth-order valence-electron chi connectivity index (χ4n) is 4.74. The van der Waals surface area contributed by atoms with Crippen LogP contribution in [0.25, 0.3) is 0 Å². The van der Waals surface area contributed by atoms with E-state index in [1.54, 1.807) is 0 Å². The van der Waals surface area contributed by atoms with E-state index in [2.05, 4.69) is 0 Å². The summed E-state index contributed by atoms with van der Waals surface area (Å²) in [6.07, 6.45) is -32.8. The van der Waals surface area contributed by atoms with Crippen LogP contribution in [0, 0.1) is 0 Å². The Bertz CT molecular complexity index is 1050. The van der Waals surface area contributed by atoms with Gasteiger partial charge in [-0.1, -0.05) is 0 Å². The van der Waals surface area contributed by atoms with E-state index in [4.69, 9.17) is 28.4 Å². The summed E-state index contributed by atoms with van der Waals surface area (Å²) >= 11 is 0. The van der Waals surface area contributed by atoms with Crippen LogP contribution in [0.3, 0.4) is 0 Å². The number of ether oxygens (including phenoxy) is 6. The van der Waals surface area contributed by atoms with Crippen molar-refractivity contribution < 1.29 is 104 Å². The van der Waals surface area contributed by atoms with E-state index in [0.29, 0.717) is 0 Å². The van der Waals surface area contributed by atoms with Gasteiger partial charge in [0, 0.05) is 6.42 Å². The van der Waals surface area contributed by atoms with Crippen molar-refractivity contribution in [3.63, 3.8) is 0 Å². The average Bonchev–Trinajstić information content (AvgIpc) is 3.02. The predicted octanol–water partition coefficient (Wildman–Crippen LogP) is -6.90. The third-order valence-electron chi connectivity index (χ3n) is 7.22. The van der Waals surface area contributed by atoms with Gasteiger partial charge < -0.3 is 89.7 Å².